The minimum Gasteiger partial charge on any atom is -0.497 e. The van der Waals surface area contributed by atoms with E-state index < -0.39 is 17.9 Å². The second-order valence-corrected chi connectivity index (χ2v) is 6.63. The van der Waals surface area contributed by atoms with Crippen LogP contribution in [-0.4, -0.2) is 36.5 Å². The third-order valence-electron chi connectivity index (χ3n) is 3.14. The molecule has 3 N–H and O–H groups in total. The minimum absolute atomic E-state index is 0.187. The summed E-state index contributed by atoms with van der Waals surface area (Å²) >= 11 is 0. The lowest BCUT2D eigenvalue weighted by Gasteiger charge is -2.18. The monoisotopic (exact) mass is 336 g/mol. The van der Waals surface area contributed by atoms with E-state index in [0.29, 0.717) is 11.3 Å². The SMILES string of the molecule is COc1ccc(C(NC(=O)CNC(=O)CC(C)(C)C)C(=O)O)cc1. The van der Waals surface area contributed by atoms with Crippen LogP contribution < -0.4 is 15.4 Å². The molecule has 24 heavy (non-hydrogen) atoms. The van der Waals surface area contributed by atoms with Gasteiger partial charge in [0.25, 0.3) is 0 Å². The Balaban J connectivity index is 2.63. The molecule has 2 amide bonds. The molecule has 0 heterocycles. The molecule has 1 aromatic rings. The smallest absolute Gasteiger partial charge is 0.330 e. The van der Waals surface area contributed by atoms with Crippen molar-refractivity contribution in [1.29, 1.82) is 0 Å². The van der Waals surface area contributed by atoms with Gasteiger partial charge in [-0.05, 0) is 23.1 Å². The maximum atomic E-state index is 11.9. The van der Waals surface area contributed by atoms with E-state index in [1.54, 1.807) is 24.3 Å². The average molecular weight is 336 g/mol. The van der Waals surface area contributed by atoms with Crippen molar-refractivity contribution in [2.45, 2.75) is 33.2 Å². The highest BCUT2D eigenvalue weighted by Crippen LogP contribution is 2.18. The molecule has 1 atom stereocenters. The summed E-state index contributed by atoms with van der Waals surface area (Å²) in [5.74, 6) is -1.42. The van der Waals surface area contributed by atoms with Crippen molar-refractivity contribution in [2.24, 2.45) is 5.41 Å². The number of amides is 2. The molecule has 1 aromatic carbocycles. The molecule has 132 valence electrons. The third-order valence-corrected chi connectivity index (χ3v) is 3.14. The fraction of sp³-hybridized carbons (Fsp3) is 0.471. The standard InChI is InChI=1S/C17H24N2O5/c1-17(2,3)9-13(20)18-10-14(21)19-15(16(22)23)11-5-7-12(24-4)8-6-11/h5-8,15H,9-10H2,1-4H3,(H,18,20)(H,19,21)(H,22,23). The number of aliphatic carboxylic acids is 1. The van der Waals surface area contributed by atoms with Crippen LogP contribution in [0.5, 0.6) is 5.75 Å². The van der Waals surface area contributed by atoms with Crippen molar-refractivity contribution in [3.05, 3.63) is 29.8 Å². The lowest BCUT2D eigenvalue weighted by molar-refractivity contribution is -0.142. The van der Waals surface area contributed by atoms with Gasteiger partial charge in [0.1, 0.15) is 5.75 Å². The van der Waals surface area contributed by atoms with Crippen LogP contribution in [0.4, 0.5) is 0 Å². The van der Waals surface area contributed by atoms with Crippen LogP contribution in [0.3, 0.4) is 0 Å². The number of carbonyl (C=O) groups is 3. The highest BCUT2D eigenvalue weighted by molar-refractivity contribution is 5.88. The van der Waals surface area contributed by atoms with Gasteiger partial charge in [-0.3, -0.25) is 9.59 Å². The van der Waals surface area contributed by atoms with Crippen LogP contribution in [0.25, 0.3) is 0 Å². The highest BCUT2D eigenvalue weighted by atomic mass is 16.5. The number of nitrogens with one attached hydrogen (secondary N) is 2. The van der Waals surface area contributed by atoms with Crippen LogP contribution >= 0.6 is 0 Å². The topological polar surface area (TPSA) is 105 Å². The second-order valence-electron chi connectivity index (χ2n) is 6.63. The summed E-state index contributed by atoms with van der Waals surface area (Å²) < 4.78 is 5.01. The average Bonchev–Trinajstić information content (AvgIpc) is 2.49. The molecule has 0 aliphatic carbocycles. The first-order chi connectivity index (χ1) is 11.1. The zero-order valence-electron chi connectivity index (χ0n) is 14.4. The first-order valence-corrected chi connectivity index (χ1v) is 7.55. The Bertz CT molecular complexity index is 590. The van der Waals surface area contributed by atoms with Crippen molar-refractivity contribution >= 4 is 17.8 Å². The molecule has 0 saturated heterocycles. The fourth-order valence-corrected chi connectivity index (χ4v) is 2.02. The molecule has 0 bridgehead atoms. The summed E-state index contributed by atoms with van der Waals surface area (Å²) in [5, 5.41) is 14.2. The molecule has 0 saturated carbocycles. The molecule has 0 spiro atoms. The summed E-state index contributed by atoms with van der Waals surface area (Å²) in [6.07, 6.45) is 0.279. The third kappa shape index (κ3) is 6.68. The van der Waals surface area contributed by atoms with Crippen LogP contribution in [0.2, 0.25) is 0 Å². The summed E-state index contributed by atoms with van der Waals surface area (Å²) in [6, 6.07) is 5.17. The Hall–Kier alpha value is -2.57. The number of hydrogen-bond donors (Lipinski definition) is 3. The first-order valence-electron chi connectivity index (χ1n) is 7.55. The van der Waals surface area contributed by atoms with Crippen LogP contribution in [0.15, 0.2) is 24.3 Å². The Morgan fingerprint density at radius 1 is 1.12 bits per heavy atom. The number of ether oxygens (including phenoxy) is 1. The molecule has 7 heteroatoms. The molecule has 0 radical (unpaired) electrons. The Labute approximate surface area is 141 Å². The zero-order valence-corrected chi connectivity index (χ0v) is 14.4. The largest absolute Gasteiger partial charge is 0.497 e. The molecule has 0 fully saturated rings. The Morgan fingerprint density at radius 2 is 1.71 bits per heavy atom. The molecular formula is C17H24N2O5. The van der Waals surface area contributed by atoms with E-state index in [-0.39, 0.29) is 24.3 Å². The quantitative estimate of drug-likeness (QED) is 0.700. The fourth-order valence-electron chi connectivity index (χ4n) is 2.02. The van der Waals surface area contributed by atoms with Crippen molar-refractivity contribution in [3.63, 3.8) is 0 Å². The minimum atomic E-state index is -1.19. The first kappa shape index (κ1) is 19.5. The van der Waals surface area contributed by atoms with Gasteiger partial charge in [0, 0.05) is 6.42 Å². The van der Waals surface area contributed by atoms with E-state index in [4.69, 9.17) is 4.74 Å². The van der Waals surface area contributed by atoms with E-state index in [2.05, 4.69) is 10.6 Å². The summed E-state index contributed by atoms with van der Waals surface area (Å²) in [4.78, 5) is 35.0. The Kier molecular flexibility index (Phi) is 6.76. The highest BCUT2D eigenvalue weighted by Gasteiger charge is 2.23. The molecule has 0 aliphatic heterocycles. The van der Waals surface area contributed by atoms with Gasteiger partial charge in [-0.2, -0.15) is 0 Å². The van der Waals surface area contributed by atoms with Gasteiger partial charge in [0.2, 0.25) is 11.8 Å². The van der Waals surface area contributed by atoms with Crippen LogP contribution in [0, 0.1) is 5.41 Å². The van der Waals surface area contributed by atoms with Gasteiger partial charge in [-0.1, -0.05) is 32.9 Å². The number of carboxylic acid groups (broad SMARTS) is 1. The van der Waals surface area contributed by atoms with E-state index >= 15 is 0 Å². The second kappa shape index (κ2) is 8.33. The number of carbonyl (C=O) groups excluding carboxylic acids is 2. The lowest BCUT2D eigenvalue weighted by Crippen LogP contribution is -2.41. The number of benzene rings is 1. The van der Waals surface area contributed by atoms with Crippen molar-refractivity contribution in [3.8, 4) is 5.75 Å². The van der Waals surface area contributed by atoms with Crippen molar-refractivity contribution in [1.82, 2.24) is 10.6 Å². The van der Waals surface area contributed by atoms with Gasteiger partial charge in [0.05, 0.1) is 13.7 Å². The molecule has 0 aromatic heterocycles. The van der Waals surface area contributed by atoms with Gasteiger partial charge in [-0.25, -0.2) is 4.79 Å². The summed E-state index contributed by atoms with van der Waals surface area (Å²) in [6.45, 7) is 5.47. The normalized spacial score (nSPS) is 12.2. The van der Waals surface area contributed by atoms with E-state index in [0.717, 1.165) is 0 Å². The maximum Gasteiger partial charge on any atom is 0.330 e. The molecular weight excluding hydrogens is 312 g/mol. The van der Waals surface area contributed by atoms with E-state index in [9.17, 15) is 19.5 Å². The zero-order chi connectivity index (χ0) is 18.3. The maximum absolute atomic E-state index is 11.9. The molecule has 7 nitrogen and oxygen atoms in total. The van der Waals surface area contributed by atoms with E-state index in [1.807, 2.05) is 20.8 Å². The van der Waals surface area contributed by atoms with Crippen LogP contribution in [0.1, 0.15) is 38.8 Å². The molecule has 1 rings (SSSR count). The van der Waals surface area contributed by atoms with Crippen LogP contribution in [-0.2, 0) is 14.4 Å². The number of methoxy groups -OCH3 is 1. The molecule has 0 aliphatic rings. The van der Waals surface area contributed by atoms with Gasteiger partial charge in [-0.15, -0.1) is 0 Å². The van der Waals surface area contributed by atoms with E-state index in [1.165, 1.54) is 7.11 Å². The van der Waals surface area contributed by atoms with Gasteiger partial charge in [0.15, 0.2) is 6.04 Å². The summed E-state index contributed by atoms with van der Waals surface area (Å²) in [7, 11) is 1.51. The van der Waals surface area contributed by atoms with Gasteiger partial charge >= 0.3 is 5.97 Å². The number of rotatable bonds is 7. The van der Waals surface area contributed by atoms with Crippen molar-refractivity contribution < 1.29 is 24.2 Å². The predicted octanol–water partition coefficient (Wildman–Crippen LogP) is 1.49. The summed E-state index contributed by atoms with van der Waals surface area (Å²) in [5.41, 5.74) is 0.227. The number of carboxylic acids is 1. The number of hydrogen-bond acceptors (Lipinski definition) is 4. The van der Waals surface area contributed by atoms with Gasteiger partial charge < -0.3 is 20.5 Å². The molecule has 1 unspecified atom stereocenters. The predicted molar refractivity (Wildman–Crippen MR) is 88.6 cm³/mol. The lowest BCUT2D eigenvalue weighted by atomic mass is 9.92. The van der Waals surface area contributed by atoms with Crippen molar-refractivity contribution in [2.75, 3.05) is 13.7 Å². The Morgan fingerprint density at radius 3 is 2.17 bits per heavy atom.